The van der Waals surface area contributed by atoms with Crippen LogP contribution >= 0.6 is 0 Å². The molecule has 0 aliphatic carbocycles. The highest BCUT2D eigenvalue weighted by Crippen LogP contribution is 2.09. The van der Waals surface area contributed by atoms with E-state index in [-0.39, 0.29) is 25.6 Å². The molecule has 0 radical (unpaired) electrons. The molecule has 0 bridgehead atoms. The van der Waals surface area contributed by atoms with Crippen LogP contribution in [0.5, 0.6) is 0 Å². The smallest absolute Gasteiger partial charge is 0.146 e. The molecule has 8 nitrogen and oxygen atoms in total. The Bertz CT molecular complexity index is 336. The maximum Gasteiger partial charge on any atom is 0.146 e. The Morgan fingerprint density at radius 1 is 1.00 bits per heavy atom. The Hall–Kier alpha value is -0.840. The van der Waals surface area contributed by atoms with Crippen LogP contribution in [0.3, 0.4) is 0 Å². The molecule has 0 saturated carbocycles. The SMILES string of the molecule is C=CCOCCCO.C=CCOCCCOCC(COCC1CO1)OCOC. The highest BCUT2D eigenvalue weighted by Gasteiger charge is 2.23. The van der Waals surface area contributed by atoms with Gasteiger partial charge in [-0.15, -0.1) is 13.2 Å². The second kappa shape index (κ2) is 22.4. The lowest BCUT2D eigenvalue weighted by atomic mass is 10.4. The first-order chi connectivity index (χ1) is 13.8. The normalized spacial score (nSPS) is 16.1. The van der Waals surface area contributed by atoms with Crippen molar-refractivity contribution in [1.29, 1.82) is 0 Å². The maximum absolute atomic E-state index is 8.26. The van der Waals surface area contributed by atoms with Crippen molar-refractivity contribution in [2.45, 2.75) is 25.0 Å². The van der Waals surface area contributed by atoms with Crippen molar-refractivity contribution >= 4 is 0 Å². The van der Waals surface area contributed by atoms with Crippen molar-refractivity contribution in [3.05, 3.63) is 25.3 Å². The molecule has 2 unspecified atom stereocenters. The van der Waals surface area contributed by atoms with Crippen molar-refractivity contribution in [3.8, 4) is 0 Å². The van der Waals surface area contributed by atoms with E-state index in [0.29, 0.717) is 59.3 Å². The first-order valence-electron chi connectivity index (χ1n) is 9.64. The lowest BCUT2D eigenvalue weighted by molar-refractivity contribution is -0.121. The van der Waals surface area contributed by atoms with Crippen LogP contribution in [-0.4, -0.2) is 97.3 Å². The molecular formula is C20H38O8. The zero-order valence-corrected chi connectivity index (χ0v) is 17.2. The fourth-order valence-electron chi connectivity index (χ4n) is 1.78. The third kappa shape index (κ3) is 21.5. The summed E-state index contributed by atoms with van der Waals surface area (Å²) in [4.78, 5) is 0. The second-order valence-corrected chi connectivity index (χ2v) is 5.92. The van der Waals surface area contributed by atoms with Gasteiger partial charge in [-0.3, -0.25) is 0 Å². The third-order valence-corrected chi connectivity index (χ3v) is 3.23. The van der Waals surface area contributed by atoms with Gasteiger partial charge in [-0.2, -0.15) is 0 Å². The summed E-state index contributed by atoms with van der Waals surface area (Å²) < 4.78 is 36.7. The van der Waals surface area contributed by atoms with Gasteiger partial charge in [-0.25, -0.2) is 0 Å². The summed E-state index contributed by atoms with van der Waals surface area (Å²) >= 11 is 0. The number of aliphatic hydroxyl groups is 1. The van der Waals surface area contributed by atoms with E-state index in [4.69, 9.17) is 38.3 Å². The summed E-state index contributed by atoms with van der Waals surface area (Å²) in [5, 5.41) is 8.26. The predicted molar refractivity (Wildman–Crippen MR) is 106 cm³/mol. The lowest BCUT2D eigenvalue weighted by Crippen LogP contribution is -2.27. The van der Waals surface area contributed by atoms with E-state index >= 15 is 0 Å². The third-order valence-electron chi connectivity index (χ3n) is 3.23. The van der Waals surface area contributed by atoms with Crippen LogP contribution in [0.2, 0.25) is 0 Å². The van der Waals surface area contributed by atoms with Crippen molar-refractivity contribution in [2.75, 3.05) is 80.0 Å². The molecule has 0 aromatic heterocycles. The number of hydrogen-bond donors (Lipinski definition) is 1. The number of hydrogen-bond acceptors (Lipinski definition) is 8. The molecule has 1 aliphatic rings. The van der Waals surface area contributed by atoms with Gasteiger partial charge >= 0.3 is 0 Å². The molecule has 166 valence electrons. The monoisotopic (exact) mass is 406 g/mol. The van der Waals surface area contributed by atoms with E-state index < -0.39 is 0 Å². The summed E-state index contributed by atoms with van der Waals surface area (Å²) in [6, 6.07) is 0. The highest BCUT2D eigenvalue weighted by atomic mass is 16.7. The molecule has 0 spiro atoms. The summed E-state index contributed by atoms with van der Waals surface area (Å²) in [6.07, 6.45) is 5.13. The van der Waals surface area contributed by atoms with E-state index in [9.17, 15) is 0 Å². The quantitative estimate of drug-likeness (QED) is 0.141. The van der Waals surface area contributed by atoms with E-state index in [1.807, 2.05) is 0 Å². The zero-order valence-electron chi connectivity index (χ0n) is 17.2. The van der Waals surface area contributed by atoms with E-state index in [2.05, 4.69) is 13.2 Å². The average molecular weight is 407 g/mol. The van der Waals surface area contributed by atoms with Gasteiger partial charge in [-0.05, 0) is 12.8 Å². The molecule has 0 amide bonds. The summed E-state index contributed by atoms with van der Waals surface area (Å²) in [7, 11) is 1.59. The Morgan fingerprint density at radius 3 is 2.18 bits per heavy atom. The molecule has 28 heavy (non-hydrogen) atoms. The van der Waals surface area contributed by atoms with Gasteiger partial charge < -0.3 is 38.3 Å². The van der Waals surface area contributed by atoms with Crippen LogP contribution in [0.4, 0.5) is 0 Å². The molecule has 1 heterocycles. The minimum absolute atomic E-state index is 0.122. The van der Waals surface area contributed by atoms with Crippen molar-refractivity contribution in [2.24, 2.45) is 0 Å². The minimum atomic E-state index is -0.122. The summed E-state index contributed by atoms with van der Waals surface area (Å²) in [5.41, 5.74) is 0. The van der Waals surface area contributed by atoms with Gasteiger partial charge in [0, 0.05) is 33.5 Å². The molecule has 2 atom stereocenters. The van der Waals surface area contributed by atoms with E-state index in [1.54, 1.807) is 19.3 Å². The number of epoxide rings is 1. The van der Waals surface area contributed by atoms with Gasteiger partial charge in [0.2, 0.25) is 0 Å². The summed E-state index contributed by atoms with van der Waals surface area (Å²) in [5.74, 6) is 0. The highest BCUT2D eigenvalue weighted by molar-refractivity contribution is 4.68. The van der Waals surface area contributed by atoms with Gasteiger partial charge in [0.05, 0.1) is 39.6 Å². The van der Waals surface area contributed by atoms with Gasteiger partial charge in [-0.1, -0.05) is 12.2 Å². The predicted octanol–water partition coefficient (Wildman–Crippen LogP) is 1.57. The lowest BCUT2D eigenvalue weighted by Gasteiger charge is -2.17. The number of aliphatic hydroxyl groups excluding tert-OH is 1. The van der Waals surface area contributed by atoms with Crippen molar-refractivity contribution in [1.82, 2.24) is 0 Å². The largest absolute Gasteiger partial charge is 0.396 e. The fourth-order valence-corrected chi connectivity index (χ4v) is 1.78. The molecular weight excluding hydrogens is 368 g/mol. The molecule has 8 heteroatoms. The van der Waals surface area contributed by atoms with E-state index in [1.165, 1.54) is 0 Å². The Morgan fingerprint density at radius 2 is 1.61 bits per heavy atom. The van der Waals surface area contributed by atoms with Crippen LogP contribution in [0.25, 0.3) is 0 Å². The first-order valence-corrected chi connectivity index (χ1v) is 9.64. The molecule has 0 aromatic rings. The van der Waals surface area contributed by atoms with Gasteiger partial charge in [0.25, 0.3) is 0 Å². The topological polar surface area (TPSA) is 88.1 Å². The first kappa shape index (κ1) is 27.2. The zero-order chi connectivity index (χ0) is 20.7. The van der Waals surface area contributed by atoms with Crippen molar-refractivity contribution < 1.29 is 38.3 Å². The minimum Gasteiger partial charge on any atom is -0.396 e. The molecule has 1 aliphatic heterocycles. The summed E-state index contributed by atoms with van der Waals surface area (Å²) in [6.45, 7) is 13.0. The Kier molecular flexibility index (Phi) is 21.8. The molecule has 1 rings (SSSR count). The van der Waals surface area contributed by atoms with Crippen molar-refractivity contribution in [3.63, 3.8) is 0 Å². The maximum atomic E-state index is 8.26. The standard InChI is InChI=1S/C14H26O6.C6H12O2/c1-3-5-16-6-4-7-17-8-13(20-12-15-2)9-18-10-14-11-19-14;1-2-5-8-6-3-4-7/h3,13-14H,1,4-12H2,2H3;2,7H,1,3-6H2. The molecule has 1 saturated heterocycles. The van der Waals surface area contributed by atoms with E-state index in [0.717, 1.165) is 13.0 Å². The van der Waals surface area contributed by atoms with Gasteiger partial charge in [0.15, 0.2) is 0 Å². The van der Waals surface area contributed by atoms with Crippen LogP contribution in [0.15, 0.2) is 25.3 Å². The Balaban J connectivity index is 0.000000769. The second-order valence-electron chi connectivity index (χ2n) is 5.92. The number of methoxy groups -OCH3 is 1. The van der Waals surface area contributed by atoms with Crippen LogP contribution in [0, 0.1) is 0 Å². The average Bonchev–Trinajstić information content (AvgIpc) is 3.53. The molecule has 1 N–H and O–H groups in total. The van der Waals surface area contributed by atoms with Crippen LogP contribution in [-0.2, 0) is 33.2 Å². The van der Waals surface area contributed by atoms with Crippen LogP contribution < -0.4 is 0 Å². The molecule has 1 fully saturated rings. The molecule has 0 aromatic carbocycles. The fraction of sp³-hybridized carbons (Fsp3) is 0.800. The van der Waals surface area contributed by atoms with Gasteiger partial charge in [0.1, 0.15) is 19.0 Å². The number of ether oxygens (including phenoxy) is 7. The Labute approximate surface area is 169 Å². The number of rotatable bonds is 20. The van der Waals surface area contributed by atoms with Crippen LogP contribution in [0.1, 0.15) is 12.8 Å².